The van der Waals surface area contributed by atoms with Crippen LogP contribution in [-0.4, -0.2) is 22.7 Å². The normalized spacial score (nSPS) is 9.55. The SMILES string of the molecule is COc1noc(-c2ccccc2-c2ccc(C)cc2)n1.[K+].[OH-]. The van der Waals surface area contributed by atoms with Crippen LogP contribution in [0.4, 0.5) is 0 Å². The number of rotatable bonds is 3. The molecule has 3 aromatic rings. The van der Waals surface area contributed by atoms with Crippen LogP contribution in [0.2, 0.25) is 0 Å². The van der Waals surface area contributed by atoms with Gasteiger partial charge in [0.05, 0.1) is 7.11 Å². The summed E-state index contributed by atoms with van der Waals surface area (Å²) in [6, 6.07) is 16.5. The second-order valence-electron chi connectivity index (χ2n) is 4.50. The van der Waals surface area contributed by atoms with Crippen molar-refractivity contribution in [3.63, 3.8) is 0 Å². The molecule has 0 saturated heterocycles. The maximum Gasteiger partial charge on any atom is 1.00 e. The van der Waals surface area contributed by atoms with Crippen molar-refractivity contribution in [2.24, 2.45) is 0 Å². The average molecular weight is 322 g/mol. The predicted octanol–water partition coefficient (Wildman–Crippen LogP) is 0.548. The van der Waals surface area contributed by atoms with Crippen molar-refractivity contribution < 1.29 is 66.1 Å². The molecule has 3 rings (SSSR count). The number of hydrogen-bond donors (Lipinski definition) is 0. The molecule has 0 aliphatic rings. The summed E-state index contributed by atoms with van der Waals surface area (Å²) in [6.07, 6.45) is 0. The van der Waals surface area contributed by atoms with Gasteiger partial charge in [-0.1, -0.05) is 48.0 Å². The van der Waals surface area contributed by atoms with Gasteiger partial charge in [0.15, 0.2) is 0 Å². The molecule has 6 heteroatoms. The van der Waals surface area contributed by atoms with E-state index in [1.807, 2.05) is 24.3 Å². The summed E-state index contributed by atoms with van der Waals surface area (Å²) in [5.41, 5.74) is 4.29. The Labute approximate surface area is 171 Å². The zero-order valence-corrected chi connectivity index (χ0v) is 15.9. The van der Waals surface area contributed by atoms with E-state index >= 15 is 0 Å². The first-order chi connectivity index (χ1) is 9.78. The molecule has 0 aliphatic heterocycles. The van der Waals surface area contributed by atoms with E-state index in [0.717, 1.165) is 16.7 Å². The molecule has 0 radical (unpaired) electrons. The molecule has 22 heavy (non-hydrogen) atoms. The van der Waals surface area contributed by atoms with E-state index in [1.165, 1.54) is 12.7 Å². The molecule has 0 aliphatic carbocycles. The van der Waals surface area contributed by atoms with Crippen LogP contribution in [0.1, 0.15) is 5.56 Å². The molecule has 108 valence electrons. The summed E-state index contributed by atoms with van der Waals surface area (Å²) < 4.78 is 10.2. The Morgan fingerprint density at radius 1 is 0.955 bits per heavy atom. The molecule has 0 saturated carbocycles. The molecule has 1 heterocycles. The van der Waals surface area contributed by atoms with E-state index in [9.17, 15) is 0 Å². The molecule has 0 unspecified atom stereocenters. The van der Waals surface area contributed by atoms with Crippen molar-refractivity contribution >= 4 is 0 Å². The van der Waals surface area contributed by atoms with Gasteiger partial charge in [-0.25, -0.2) is 0 Å². The Kier molecular flexibility index (Phi) is 7.41. The molecule has 0 amide bonds. The molecule has 0 spiro atoms. The first-order valence-corrected chi connectivity index (χ1v) is 6.32. The van der Waals surface area contributed by atoms with Gasteiger partial charge < -0.3 is 14.7 Å². The zero-order valence-electron chi connectivity index (χ0n) is 12.8. The minimum absolute atomic E-state index is 0. The van der Waals surface area contributed by atoms with Gasteiger partial charge in [0, 0.05) is 5.56 Å². The Balaban J connectivity index is 0.00000121. The van der Waals surface area contributed by atoms with Crippen LogP contribution in [0.25, 0.3) is 22.6 Å². The molecule has 2 aromatic carbocycles. The maximum absolute atomic E-state index is 5.24. The summed E-state index contributed by atoms with van der Waals surface area (Å²) in [7, 11) is 1.51. The summed E-state index contributed by atoms with van der Waals surface area (Å²) in [6.45, 7) is 2.07. The van der Waals surface area contributed by atoms with Crippen molar-refractivity contribution in [2.45, 2.75) is 6.92 Å². The molecule has 0 bridgehead atoms. The number of nitrogens with zero attached hydrogens (tertiary/aromatic N) is 2. The third kappa shape index (κ3) is 4.04. The van der Waals surface area contributed by atoms with Crippen molar-refractivity contribution in [3.8, 4) is 28.6 Å². The van der Waals surface area contributed by atoms with Crippen molar-refractivity contribution in [3.05, 3.63) is 54.1 Å². The number of aryl methyl sites for hydroxylation is 1. The first kappa shape index (κ1) is 19.0. The minimum atomic E-state index is 0. The molecule has 0 fully saturated rings. The number of hydrogen-bond acceptors (Lipinski definition) is 5. The third-order valence-electron chi connectivity index (χ3n) is 3.11. The molecule has 0 atom stereocenters. The first-order valence-electron chi connectivity index (χ1n) is 6.32. The fourth-order valence-corrected chi connectivity index (χ4v) is 2.06. The van der Waals surface area contributed by atoms with Gasteiger partial charge in [0.25, 0.3) is 5.89 Å². The smallest absolute Gasteiger partial charge is 0.870 e. The minimum Gasteiger partial charge on any atom is -0.870 e. The number of aromatic nitrogens is 2. The van der Waals surface area contributed by atoms with E-state index in [0.29, 0.717) is 5.89 Å². The fourth-order valence-electron chi connectivity index (χ4n) is 2.06. The Bertz CT molecular complexity index is 726. The van der Waals surface area contributed by atoms with Gasteiger partial charge in [-0.2, -0.15) is 4.98 Å². The summed E-state index contributed by atoms with van der Waals surface area (Å²) in [5.74, 6) is 0.457. The number of ether oxygens (including phenoxy) is 1. The van der Waals surface area contributed by atoms with Crippen LogP contribution in [0.3, 0.4) is 0 Å². The number of methoxy groups -OCH3 is 1. The fraction of sp³-hybridized carbons (Fsp3) is 0.125. The summed E-state index contributed by atoms with van der Waals surface area (Å²) in [4.78, 5) is 4.20. The summed E-state index contributed by atoms with van der Waals surface area (Å²) in [5, 5.41) is 3.75. The molecule has 1 aromatic heterocycles. The Morgan fingerprint density at radius 3 is 2.18 bits per heavy atom. The van der Waals surface area contributed by atoms with E-state index in [-0.39, 0.29) is 62.9 Å². The average Bonchev–Trinajstić information content (AvgIpc) is 2.97. The molecular weight excluding hydrogens is 307 g/mol. The van der Waals surface area contributed by atoms with Crippen LogP contribution in [-0.2, 0) is 0 Å². The molecule has 5 nitrogen and oxygen atoms in total. The van der Waals surface area contributed by atoms with Crippen LogP contribution in [0, 0.1) is 6.92 Å². The maximum atomic E-state index is 5.24. The second-order valence-corrected chi connectivity index (χ2v) is 4.50. The van der Waals surface area contributed by atoms with Crippen molar-refractivity contribution in [1.29, 1.82) is 0 Å². The van der Waals surface area contributed by atoms with Gasteiger partial charge in [-0.15, -0.1) is 0 Å². The van der Waals surface area contributed by atoms with Crippen LogP contribution in [0.15, 0.2) is 53.1 Å². The molecule has 1 N–H and O–H groups in total. The van der Waals surface area contributed by atoms with Crippen LogP contribution >= 0.6 is 0 Å². The van der Waals surface area contributed by atoms with Crippen molar-refractivity contribution in [1.82, 2.24) is 10.1 Å². The van der Waals surface area contributed by atoms with Gasteiger partial charge in [-0.05, 0) is 29.3 Å². The number of benzene rings is 2. The van der Waals surface area contributed by atoms with E-state index < -0.39 is 0 Å². The van der Waals surface area contributed by atoms with E-state index in [4.69, 9.17) is 9.26 Å². The molecular formula is C16H15KN2O3. The Hall–Kier alpha value is -1.02. The monoisotopic (exact) mass is 322 g/mol. The standard InChI is InChI=1S/C16H14N2O2.K.H2O/c1-11-7-9-12(10-8-11)13-5-3-4-6-14(13)15-17-16(19-2)18-20-15;;/h3-10H,1-2H3;;1H2/q;+1;/p-1. The van der Waals surface area contributed by atoms with Gasteiger partial charge in [0.2, 0.25) is 0 Å². The van der Waals surface area contributed by atoms with Crippen LogP contribution < -0.4 is 56.1 Å². The van der Waals surface area contributed by atoms with Crippen LogP contribution in [0.5, 0.6) is 6.01 Å². The second kappa shape index (κ2) is 8.57. The van der Waals surface area contributed by atoms with E-state index in [2.05, 4.69) is 41.3 Å². The summed E-state index contributed by atoms with van der Waals surface area (Å²) >= 11 is 0. The van der Waals surface area contributed by atoms with Gasteiger partial charge in [-0.3, -0.25) is 0 Å². The Morgan fingerprint density at radius 2 is 1.59 bits per heavy atom. The van der Waals surface area contributed by atoms with Crippen molar-refractivity contribution in [2.75, 3.05) is 7.11 Å². The van der Waals surface area contributed by atoms with Gasteiger partial charge >= 0.3 is 57.4 Å². The van der Waals surface area contributed by atoms with Gasteiger partial charge in [0.1, 0.15) is 0 Å². The zero-order chi connectivity index (χ0) is 13.9. The largest absolute Gasteiger partial charge is 1.00 e. The van der Waals surface area contributed by atoms with E-state index in [1.54, 1.807) is 0 Å². The predicted molar refractivity (Wildman–Crippen MR) is 78.4 cm³/mol. The third-order valence-corrected chi connectivity index (χ3v) is 3.11. The quantitative estimate of drug-likeness (QED) is 0.658. The topological polar surface area (TPSA) is 78.2 Å².